The Morgan fingerprint density at radius 3 is 2.52 bits per heavy atom. The van der Waals surface area contributed by atoms with E-state index in [1.807, 2.05) is 0 Å². The molecule has 3 heteroatoms. The fourth-order valence-corrected chi connectivity index (χ4v) is 7.42. The van der Waals surface area contributed by atoms with Crippen LogP contribution in [0.3, 0.4) is 0 Å². The fourth-order valence-electron chi connectivity index (χ4n) is 7.42. The number of esters is 1. The number of hydrogen-bond acceptors (Lipinski definition) is 3. The quantitative estimate of drug-likeness (QED) is 0.752. The zero-order chi connectivity index (χ0) is 18.4. The minimum atomic E-state index is -0.323. The van der Waals surface area contributed by atoms with E-state index in [1.54, 1.807) is 7.11 Å². The molecule has 0 bridgehead atoms. The molecule has 0 spiro atoms. The van der Waals surface area contributed by atoms with Crippen molar-refractivity contribution >= 4 is 5.97 Å². The van der Waals surface area contributed by atoms with Crippen molar-refractivity contribution in [3.05, 3.63) is 0 Å². The zero-order valence-electron chi connectivity index (χ0n) is 16.9. The summed E-state index contributed by atoms with van der Waals surface area (Å²) < 4.78 is 5.23. The topological polar surface area (TPSA) is 46.5 Å². The summed E-state index contributed by atoms with van der Waals surface area (Å²) in [6.07, 6.45) is 8.15. The second kappa shape index (κ2) is 6.87. The van der Waals surface area contributed by atoms with E-state index in [2.05, 4.69) is 27.7 Å². The SMILES string of the molecule is COC(=O)C1(C)CCCC2(C)C3CC(CO)C(C(C)C)CC3CCC12. The number of ether oxygens (including phenoxy) is 1. The third kappa shape index (κ3) is 2.95. The van der Waals surface area contributed by atoms with E-state index >= 15 is 0 Å². The molecule has 0 aromatic rings. The van der Waals surface area contributed by atoms with E-state index in [1.165, 1.54) is 19.3 Å². The van der Waals surface area contributed by atoms with Crippen LogP contribution in [0.5, 0.6) is 0 Å². The largest absolute Gasteiger partial charge is 0.469 e. The number of carbonyl (C=O) groups is 1. The standard InChI is InChI=1S/C22H38O3/c1-14(2)17-11-15-7-8-19-21(3,18(15)12-16(17)13-23)9-6-10-22(19,4)20(24)25-5/h14-19,23H,6-13H2,1-5H3. The van der Waals surface area contributed by atoms with Crippen molar-refractivity contribution in [2.75, 3.05) is 13.7 Å². The molecule has 0 saturated heterocycles. The first kappa shape index (κ1) is 19.2. The molecule has 3 aliphatic carbocycles. The van der Waals surface area contributed by atoms with Gasteiger partial charge in [-0.05, 0) is 86.4 Å². The van der Waals surface area contributed by atoms with Crippen LogP contribution >= 0.6 is 0 Å². The van der Waals surface area contributed by atoms with Crippen molar-refractivity contribution in [1.29, 1.82) is 0 Å². The van der Waals surface area contributed by atoms with E-state index in [0.29, 0.717) is 36.2 Å². The molecule has 25 heavy (non-hydrogen) atoms. The Kier molecular flexibility index (Phi) is 5.27. The highest BCUT2D eigenvalue weighted by molar-refractivity contribution is 5.77. The molecule has 0 radical (unpaired) electrons. The van der Waals surface area contributed by atoms with Crippen LogP contribution in [0, 0.1) is 46.3 Å². The molecule has 0 heterocycles. The van der Waals surface area contributed by atoms with Gasteiger partial charge in [-0.15, -0.1) is 0 Å². The van der Waals surface area contributed by atoms with Gasteiger partial charge < -0.3 is 9.84 Å². The molecular weight excluding hydrogens is 312 g/mol. The summed E-state index contributed by atoms with van der Waals surface area (Å²) in [5, 5.41) is 10.0. The Morgan fingerprint density at radius 2 is 1.92 bits per heavy atom. The Balaban J connectivity index is 1.90. The van der Waals surface area contributed by atoms with E-state index in [4.69, 9.17) is 4.74 Å². The minimum Gasteiger partial charge on any atom is -0.469 e. The molecule has 0 aromatic heterocycles. The van der Waals surface area contributed by atoms with E-state index < -0.39 is 0 Å². The molecule has 144 valence electrons. The van der Waals surface area contributed by atoms with Gasteiger partial charge in [0.15, 0.2) is 0 Å². The van der Waals surface area contributed by atoms with Crippen molar-refractivity contribution < 1.29 is 14.6 Å². The highest BCUT2D eigenvalue weighted by Gasteiger charge is 2.60. The molecule has 3 saturated carbocycles. The molecule has 0 aromatic carbocycles. The Hall–Kier alpha value is -0.570. The Morgan fingerprint density at radius 1 is 1.20 bits per heavy atom. The summed E-state index contributed by atoms with van der Waals surface area (Å²) in [7, 11) is 1.54. The van der Waals surface area contributed by atoms with Gasteiger partial charge in [-0.1, -0.05) is 27.2 Å². The van der Waals surface area contributed by atoms with Gasteiger partial charge in [0.2, 0.25) is 0 Å². The van der Waals surface area contributed by atoms with Crippen molar-refractivity contribution in [2.45, 2.75) is 72.6 Å². The Bertz CT molecular complexity index is 502. The van der Waals surface area contributed by atoms with Crippen molar-refractivity contribution in [3.63, 3.8) is 0 Å². The first-order chi connectivity index (χ1) is 11.8. The van der Waals surface area contributed by atoms with Crippen LogP contribution in [0.15, 0.2) is 0 Å². The average molecular weight is 351 g/mol. The molecule has 3 aliphatic rings. The zero-order valence-corrected chi connectivity index (χ0v) is 16.9. The number of hydrogen-bond donors (Lipinski definition) is 1. The molecule has 3 rings (SSSR count). The van der Waals surface area contributed by atoms with Gasteiger partial charge in [0, 0.05) is 6.61 Å². The predicted octanol–water partition coefficient (Wildman–Crippen LogP) is 4.67. The smallest absolute Gasteiger partial charge is 0.311 e. The monoisotopic (exact) mass is 350 g/mol. The number of fused-ring (bicyclic) bond motifs is 3. The number of aliphatic hydroxyl groups is 1. The molecule has 3 fully saturated rings. The van der Waals surface area contributed by atoms with Crippen molar-refractivity contribution in [3.8, 4) is 0 Å². The summed E-state index contributed by atoms with van der Waals surface area (Å²) in [6.45, 7) is 9.57. The van der Waals surface area contributed by atoms with Gasteiger partial charge in [0.1, 0.15) is 0 Å². The van der Waals surface area contributed by atoms with Crippen molar-refractivity contribution in [2.24, 2.45) is 46.3 Å². The maximum absolute atomic E-state index is 12.6. The van der Waals surface area contributed by atoms with Gasteiger partial charge in [0.25, 0.3) is 0 Å². The minimum absolute atomic E-state index is 0.00329. The van der Waals surface area contributed by atoms with Crippen LogP contribution in [-0.2, 0) is 9.53 Å². The maximum atomic E-state index is 12.6. The average Bonchev–Trinajstić information content (AvgIpc) is 2.59. The molecule has 7 unspecified atom stereocenters. The fraction of sp³-hybridized carbons (Fsp3) is 0.955. The molecular formula is C22H38O3. The third-order valence-corrected chi connectivity index (χ3v) is 8.70. The lowest BCUT2D eigenvalue weighted by Crippen LogP contribution is -2.57. The first-order valence-corrected chi connectivity index (χ1v) is 10.5. The molecule has 0 amide bonds. The number of carbonyl (C=O) groups excluding carboxylic acids is 1. The lowest BCUT2D eigenvalue weighted by atomic mass is 9.43. The molecule has 1 N–H and O–H groups in total. The molecule has 0 aliphatic heterocycles. The van der Waals surface area contributed by atoms with Crippen LogP contribution in [0.4, 0.5) is 0 Å². The lowest BCUT2D eigenvalue weighted by molar-refractivity contribution is -0.179. The van der Waals surface area contributed by atoms with E-state index in [9.17, 15) is 9.90 Å². The number of methoxy groups -OCH3 is 1. The number of aliphatic hydroxyl groups excluding tert-OH is 1. The van der Waals surface area contributed by atoms with Crippen LogP contribution in [-0.4, -0.2) is 24.8 Å². The third-order valence-electron chi connectivity index (χ3n) is 8.70. The van der Waals surface area contributed by atoms with Crippen molar-refractivity contribution in [1.82, 2.24) is 0 Å². The maximum Gasteiger partial charge on any atom is 0.311 e. The second-order valence-corrected chi connectivity index (χ2v) is 10.1. The first-order valence-electron chi connectivity index (χ1n) is 10.5. The molecule has 3 nitrogen and oxygen atoms in total. The lowest BCUT2D eigenvalue weighted by Gasteiger charge is -2.62. The normalized spacial score (nSPS) is 47.1. The summed E-state index contributed by atoms with van der Waals surface area (Å²) in [5.41, 5.74) is -0.101. The van der Waals surface area contributed by atoms with Gasteiger partial charge in [-0.25, -0.2) is 0 Å². The van der Waals surface area contributed by atoms with E-state index in [0.717, 1.165) is 31.6 Å². The van der Waals surface area contributed by atoms with Gasteiger partial charge in [0.05, 0.1) is 12.5 Å². The summed E-state index contributed by atoms with van der Waals surface area (Å²) >= 11 is 0. The number of rotatable bonds is 3. The summed E-state index contributed by atoms with van der Waals surface area (Å²) in [6, 6.07) is 0. The highest BCUT2D eigenvalue weighted by atomic mass is 16.5. The van der Waals surface area contributed by atoms with Crippen LogP contribution in [0.2, 0.25) is 0 Å². The van der Waals surface area contributed by atoms with Gasteiger partial charge in [-0.3, -0.25) is 4.79 Å². The predicted molar refractivity (Wildman–Crippen MR) is 99.9 cm³/mol. The van der Waals surface area contributed by atoms with E-state index in [-0.39, 0.29) is 16.8 Å². The van der Waals surface area contributed by atoms with Crippen LogP contribution in [0.25, 0.3) is 0 Å². The van der Waals surface area contributed by atoms with Gasteiger partial charge in [-0.2, -0.15) is 0 Å². The highest BCUT2D eigenvalue weighted by Crippen LogP contribution is 2.65. The summed E-state index contributed by atoms with van der Waals surface area (Å²) in [5.74, 6) is 3.59. The van der Waals surface area contributed by atoms with Crippen LogP contribution < -0.4 is 0 Å². The molecule has 7 atom stereocenters. The van der Waals surface area contributed by atoms with Crippen LogP contribution in [0.1, 0.15) is 72.6 Å². The Labute approximate surface area is 153 Å². The second-order valence-electron chi connectivity index (χ2n) is 10.1. The summed E-state index contributed by atoms with van der Waals surface area (Å²) in [4.78, 5) is 12.6. The van der Waals surface area contributed by atoms with Gasteiger partial charge >= 0.3 is 5.97 Å².